The van der Waals surface area contributed by atoms with E-state index in [0.29, 0.717) is 12.3 Å². The third-order valence-electron chi connectivity index (χ3n) is 3.47. The van der Waals surface area contributed by atoms with Crippen molar-refractivity contribution in [2.75, 3.05) is 13.1 Å². The maximum absolute atomic E-state index is 11.7. The van der Waals surface area contributed by atoms with Crippen molar-refractivity contribution in [2.24, 2.45) is 11.8 Å². The molecule has 0 bridgehead atoms. The van der Waals surface area contributed by atoms with E-state index in [1.807, 2.05) is 11.8 Å². The van der Waals surface area contributed by atoms with Gasteiger partial charge in [0.05, 0.1) is 0 Å². The Morgan fingerprint density at radius 2 is 1.93 bits per heavy atom. The van der Waals surface area contributed by atoms with Gasteiger partial charge in [-0.3, -0.25) is 4.79 Å². The molecule has 1 amide bonds. The molecule has 3 nitrogen and oxygen atoms in total. The van der Waals surface area contributed by atoms with E-state index >= 15 is 0 Å². The van der Waals surface area contributed by atoms with Crippen LogP contribution in [0.2, 0.25) is 0 Å². The summed E-state index contributed by atoms with van der Waals surface area (Å²) in [7, 11) is 0. The molecule has 0 radical (unpaired) electrons. The highest BCUT2D eigenvalue weighted by Gasteiger charge is 2.27. The van der Waals surface area contributed by atoms with Crippen LogP contribution in [-0.4, -0.2) is 35.1 Å². The molecular weight excluding hydrogens is 190 g/mol. The SMILES string of the molecule is CC[C@H](O)C(=O)N1CCC(C(C)C)CC1. The van der Waals surface area contributed by atoms with Gasteiger partial charge in [0.1, 0.15) is 6.10 Å². The zero-order valence-electron chi connectivity index (χ0n) is 10.1. The third kappa shape index (κ3) is 3.20. The van der Waals surface area contributed by atoms with Crippen molar-refractivity contribution in [3.05, 3.63) is 0 Å². The summed E-state index contributed by atoms with van der Waals surface area (Å²) in [6.45, 7) is 7.95. The van der Waals surface area contributed by atoms with Gasteiger partial charge in [0.25, 0.3) is 5.91 Å². The lowest BCUT2D eigenvalue weighted by molar-refractivity contribution is -0.141. The molecule has 1 rings (SSSR count). The van der Waals surface area contributed by atoms with Gasteiger partial charge in [0, 0.05) is 13.1 Å². The number of aliphatic hydroxyl groups is 1. The average molecular weight is 213 g/mol. The molecule has 15 heavy (non-hydrogen) atoms. The summed E-state index contributed by atoms with van der Waals surface area (Å²) >= 11 is 0. The second-order valence-electron chi connectivity index (χ2n) is 4.83. The zero-order chi connectivity index (χ0) is 11.4. The van der Waals surface area contributed by atoms with Crippen molar-refractivity contribution in [1.82, 2.24) is 4.90 Å². The first-order chi connectivity index (χ1) is 7.06. The smallest absolute Gasteiger partial charge is 0.251 e. The van der Waals surface area contributed by atoms with E-state index in [1.165, 1.54) is 0 Å². The fourth-order valence-corrected chi connectivity index (χ4v) is 2.17. The monoisotopic (exact) mass is 213 g/mol. The zero-order valence-corrected chi connectivity index (χ0v) is 10.1. The molecule has 0 aliphatic carbocycles. The van der Waals surface area contributed by atoms with Crippen LogP contribution in [0, 0.1) is 11.8 Å². The quantitative estimate of drug-likeness (QED) is 0.774. The van der Waals surface area contributed by atoms with E-state index in [4.69, 9.17) is 0 Å². The second kappa shape index (κ2) is 5.50. The van der Waals surface area contributed by atoms with Crippen LogP contribution in [0.5, 0.6) is 0 Å². The highest BCUT2D eigenvalue weighted by Crippen LogP contribution is 2.24. The van der Waals surface area contributed by atoms with Gasteiger partial charge in [0.15, 0.2) is 0 Å². The lowest BCUT2D eigenvalue weighted by Crippen LogP contribution is -2.44. The van der Waals surface area contributed by atoms with E-state index in [-0.39, 0.29) is 5.91 Å². The topological polar surface area (TPSA) is 40.5 Å². The number of aliphatic hydroxyl groups excluding tert-OH is 1. The Hall–Kier alpha value is -0.570. The standard InChI is InChI=1S/C12H23NO2/c1-4-11(14)12(15)13-7-5-10(6-8-13)9(2)3/h9-11,14H,4-8H2,1-3H3/t11-/m0/s1. The number of nitrogens with zero attached hydrogens (tertiary/aromatic N) is 1. The van der Waals surface area contributed by atoms with Crippen molar-refractivity contribution < 1.29 is 9.90 Å². The van der Waals surface area contributed by atoms with Gasteiger partial charge in [0.2, 0.25) is 0 Å². The van der Waals surface area contributed by atoms with Crippen molar-refractivity contribution >= 4 is 5.91 Å². The molecule has 1 heterocycles. The van der Waals surface area contributed by atoms with Gasteiger partial charge in [-0.25, -0.2) is 0 Å². The predicted molar refractivity (Wildman–Crippen MR) is 60.4 cm³/mol. The maximum Gasteiger partial charge on any atom is 0.251 e. The van der Waals surface area contributed by atoms with Crippen LogP contribution in [0.25, 0.3) is 0 Å². The van der Waals surface area contributed by atoms with Gasteiger partial charge < -0.3 is 10.0 Å². The van der Waals surface area contributed by atoms with Crippen molar-refractivity contribution in [2.45, 2.75) is 46.1 Å². The molecule has 1 N–H and O–H groups in total. The Labute approximate surface area is 92.5 Å². The second-order valence-corrected chi connectivity index (χ2v) is 4.83. The molecule has 0 aromatic carbocycles. The van der Waals surface area contributed by atoms with Crippen LogP contribution >= 0.6 is 0 Å². The van der Waals surface area contributed by atoms with E-state index in [0.717, 1.165) is 31.8 Å². The molecule has 1 saturated heterocycles. The van der Waals surface area contributed by atoms with E-state index in [2.05, 4.69) is 13.8 Å². The number of rotatable bonds is 3. The Bertz CT molecular complexity index is 208. The molecule has 0 unspecified atom stereocenters. The minimum atomic E-state index is -0.791. The molecular formula is C12H23NO2. The first-order valence-electron chi connectivity index (χ1n) is 6.03. The largest absolute Gasteiger partial charge is 0.383 e. The molecule has 0 aromatic rings. The van der Waals surface area contributed by atoms with Crippen LogP contribution in [-0.2, 0) is 4.79 Å². The number of carbonyl (C=O) groups is 1. The Balaban J connectivity index is 2.40. The predicted octanol–water partition coefficient (Wildman–Crippen LogP) is 1.65. The lowest BCUT2D eigenvalue weighted by atomic mass is 9.86. The normalized spacial score (nSPS) is 20.7. The van der Waals surface area contributed by atoms with Crippen LogP contribution < -0.4 is 0 Å². The number of hydrogen-bond acceptors (Lipinski definition) is 2. The van der Waals surface area contributed by atoms with Crippen molar-refractivity contribution in [3.63, 3.8) is 0 Å². The molecule has 0 spiro atoms. The van der Waals surface area contributed by atoms with Gasteiger partial charge >= 0.3 is 0 Å². The molecule has 1 fully saturated rings. The summed E-state index contributed by atoms with van der Waals surface area (Å²) < 4.78 is 0. The molecule has 3 heteroatoms. The summed E-state index contributed by atoms with van der Waals surface area (Å²) in [4.78, 5) is 13.5. The van der Waals surface area contributed by atoms with E-state index in [1.54, 1.807) is 0 Å². The third-order valence-corrected chi connectivity index (χ3v) is 3.47. The highest BCUT2D eigenvalue weighted by molar-refractivity contribution is 5.80. The van der Waals surface area contributed by atoms with Crippen LogP contribution in [0.4, 0.5) is 0 Å². The Morgan fingerprint density at radius 3 is 2.33 bits per heavy atom. The minimum Gasteiger partial charge on any atom is -0.383 e. The summed E-state index contributed by atoms with van der Waals surface area (Å²) in [6.07, 6.45) is 1.89. The number of likely N-dealkylation sites (tertiary alicyclic amines) is 1. The summed E-state index contributed by atoms with van der Waals surface area (Å²) in [5.41, 5.74) is 0. The van der Waals surface area contributed by atoms with Gasteiger partial charge in [-0.2, -0.15) is 0 Å². The Kier molecular flexibility index (Phi) is 4.58. The van der Waals surface area contributed by atoms with Crippen LogP contribution in [0.15, 0.2) is 0 Å². The fraction of sp³-hybridized carbons (Fsp3) is 0.917. The van der Waals surface area contributed by atoms with E-state index in [9.17, 15) is 9.90 Å². The van der Waals surface area contributed by atoms with Gasteiger partial charge in [-0.1, -0.05) is 20.8 Å². The molecule has 1 aliphatic heterocycles. The summed E-state index contributed by atoms with van der Waals surface area (Å²) in [5.74, 6) is 1.37. The molecule has 0 saturated carbocycles. The minimum absolute atomic E-state index is 0.0836. The molecule has 88 valence electrons. The van der Waals surface area contributed by atoms with Crippen molar-refractivity contribution in [1.29, 1.82) is 0 Å². The number of amides is 1. The lowest BCUT2D eigenvalue weighted by Gasteiger charge is -2.34. The van der Waals surface area contributed by atoms with Crippen molar-refractivity contribution in [3.8, 4) is 0 Å². The number of carbonyl (C=O) groups excluding carboxylic acids is 1. The molecule has 1 atom stereocenters. The number of piperidine rings is 1. The highest BCUT2D eigenvalue weighted by atomic mass is 16.3. The summed E-state index contributed by atoms with van der Waals surface area (Å²) in [5, 5.41) is 9.46. The fourth-order valence-electron chi connectivity index (χ4n) is 2.17. The van der Waals surface area contributed by atoms with Crippen LogP contribution in [0.3, 0.4) is 0 Å². The van der Waals surface area contributed by atoms with E-state index < -0.39 is 6.10 Å². The molecule has 0 aromatic heterocycles. The first-order valence-corrected chi connectivity index (χ1v) is 6.03. The Morgan fingerprint density at radius 1 is 1.40 bits per heavy atom. The van der Waals surface area contributed by atoms with Gasteiger partial charge in [-0.05, 0) is 31.1 Å². The maximum atomic E-state index is 11.7. The number of hydrogen-bond donors (Lipinski definition) is 1. The summed E-state index contributed by atoms with van der Waals surface area (Å²) in [6, 6.07) is 0. The first kappa shape index (κ1) is 12.5. The van der Waals surface area contributed by atoms with Gasteiger partial charge in [-0.15, -0.1) is 0 Å². The molecule has 1 aliphatic rings. The average Bonchev–Trinajstić information content (AvgIpc) is 2.27. The van der Waals surface area contributed by atoms with Crippen LogP contribution in [0.1, 0.15) is 40.0 Å².